The SMILES string of the molecule is CC(C)n1c(=O)cc(-c2cccnc2)[nH]c1=O. The molecule has 2 heterocycles. The first kappa shape index (κ1) is 11.3. The number of rotatable bonds is 2. The van der Waals surface area contributed by atoms with Gasteiger partial charge in [-0.25, -0.2) is 4.79 Å². The van der Waals surface area contributed by atoms with E-state index in [4.69, 9.17) is 0 Å². The van der Waals surface area contributed by atoms with Gasteiger partial charge < -0.3 is 4.98 Å². The molecule has 0 amide bonds. The number of pyridine rings is 1. The van der Waals surface area contributed by atoms with Gasteiger partial charge in [0, 0.05) is 30.1 Å². The maximum Gasteiger partial charge on any atom is 0.329 e. The molecular weight excluding hydrogens is 218 g/mol. The van der Waals surface area contributed by atoms with E-state index in [1.807, 2.05) is 0 Å². The fraction of sp³-hybridized carbons (Fsp3) is 0.250. The van der Waals surface area contributed by atoms with Crippen LogP contribution in [0.1, 0.15) is 19.9 Å². The minimum absolute atomic E-state index is 0.158. The molecule has 0 unspecified atom stereocenters. The summed E-state index contributed by atoms with van der Waals surface area (Å²) in [6.45, 7) is 3.58. The zero-order chi connectivity index (χ0) is 12.4. The van der Waals surface area contributed by atoms with E-state index in [-0.39, 0.29) is 11.6 Å². The smallest absolute Gasteiger partial charge is 0.307 e. The third-order valence-corrected chi connectivity index (χ3v) is 2.45. The van der Waals surface area contributed by atoms with Crippen LogP contribution in [0.4, 0.5) is 0 Å². The molecule has 5 nitrogen and oxygen atoms in total. The molecule has 0 aliphatic rings. The van der Waals surface area contributed by atoms with Gasteiger partial charge in [-0.1, -0.05) is 0 Å². The fourth-order valence-corrected chi connectivity index (χ4v) is 1.67. The predicted octanol–water partition coefficient (Wildman–Crippen LogP) is 1.18. The summed E-state index contributed by atoms with van der Waals surface area (Å²) in [5.74, 6) is 0. The van der Waals surface area contributed by atoms with Crippen molar-refractivity contribution in [3.8, 4) is 11.3 Å². The number of aromatic amines is 1. The molecule has 0 saturated heterocycles. The van der Waals surface area contributed by atoms with Crippen LogP contribution in [0.3, 0.4) is 0 Å². The Morgan fingerprint density at radius 1 is 1.35 bits per heavy atom. The topological polar surface area (TPSA) is 67.8 Å². The van der Waals surface area contributed by atoms with Crippen molar-refractivity contribution in [1.82, 2.24) is 14.5 Å². The molecule has 0 aromatic carbocycles. The van der Waals surface area contributed by atoms with Crippen LogP contribution in [0.25, 0.3) is 11.3 Å². The first-order valence-electron chi connectivity index (χ1n) is 5.36. The Labute approximate surface area is 97.8 Å². The molecule has 0 radical (unpaired) electrons. The molecule has 0 saturated carbocycles. The minimum atomic E-state index is -0.397. The van der Waals surface area contributed by atoms with Gasteiger partial charge in [-0.15, -0.1) is 0 Å². The molecule has 0 bridgehead atoms. The van der Waals surface area contributed by atoms with Crippen LogP contribution in [-0.4, -0.2) is 14.5 Å². The Balaban J connectivity index is 2.62. The molecule has 0 aliphatic carbocycles. The van der Waals surface area contributed by atoms with Crippen LogP contribution in [0, 0.1) is 0 Å². The summed E-state index contributed by atoms with van der Waals surface area (Å²) >= 11 is 0. The monoisotopic (exact) mass is 231 g/mol. The zero-order valence-electron chi connectivity index (χ0n) is 9.68. The first-order valence-corrected chi connectivity index (χ1v) is 5.36. The lowest BCUT2D eigenvalue weighted by Crippen LogP contribution is -2.36. The van der Waals surface area contributed by atoms with Gasteiger partial charge in [0.1, 0.15) is 0 Å². The van der Waals surface area contributed by atoms with E-state index < -0.39 is 5.69 Å². The predicted molar refractivity (Wildman–Crippen MR) is 64.9 cm³/mol. The van der Waals surface area contributed by atoms with Gasteiger partial charge >= 0.3 is 5.69 Å². The summed E-state index contributed by atoms with van der Waals surface area (Å²) in [4.78, 5) is 30.2. The lowest BCUT2D eigenvalue weighted by Gasteiger charge is -2.09. The van der Waals surface area contributed by atoms with Crippen molar-refractivity contribution >= 4 is 0 Å². The summed E-state index contributed by atoms with van der Waals surface area (Å²) in [6.07, 6.45) is 3.24. The van der Waals surface area contributed by atoms with Crippen molar-refractivity contribution in [3.05, 3.63) is 51.4 Å². The van der Waals surface area contributed by atoms with E-state index in [1.54, 1.807) is 38.4 Å². The molecule has 0 aliphatic heterocycles. The summed E-state index contributed by atoms with van der Waals surface area (Å²) in [5.41, 5.74) is 0.511. The molecule has 2 aromatic heterocycles. The van der Waals surface area contributed by atoms with Crippen molar-refractivity contribution in [2.75, 3.05) is 0 Å². The van der Waals surface area contributed by atoms with E-state index in [0.717, 1.165) is 5.56 Å². The molecular formula is C12H13N3O2. The molecule has 0 spiro atoms. The average Bonchev–Trinajstić information content (AvgIpc) is 2.28. The number of nitrogens with one attached hydrogen (secondary N) is 1. The quantitative estimate of drug-likeness (QED) is 0.843. The van der Waals surface area contributed by atoms with Gasteiger partial charge in [0.2, 0.25) is 0 Å². The normalized spacial score (nSPS) is 10.8. The highest BCUT2D eigenvalue weighted by molar-refractivity contribution is 5.56. The van der Waals surface area contributed by atoms with Gasteiger partial charge in [0.05, 0.1) is 5.69 Å². The summed E-state index contributed by atoms with van der Waals surface area (Å²) in [7, 11) is 0. The molecule has 0 atom stereocenters. The van der Waals surface area contributed by atoms with E-state index >= 15 is 0 Å². The minimum Gasteiger partial charge on any atom is -0.307 e. The number of H-pyrrole nitrogens is 1. The van der Waals surface area contributed by atoms with Gasteiger partial charge in [-0.3, -0.25) is 14.3 Å². The molecule has 0 fully saturated rings. The largest absolute Gasteiger partial charge is 0.329 e. The third kappa shape index (κ3) is 2.18. The van der Waals surface area contributed by atoms with E-state index in [2.05, 4.69) is 9.97 Å². The van der Waals surface area contributed by atoms with Crippen molar-refractivity contribution < 1.29 is 0 Å². The standard InChI is InChI=1S/C12H13N3O2/c1-8(2)15-11(16)6-10(14-12(15)17)9-4-3-5-13-7-9/h3-8H,1-2H3,(H,14,17). The highest BCUT2D eigenvalue weighted by Gasteiger charge is 2.08. The zero-order valence-corrected chi connectivity index (χ0v) is 9.68. The molecule has 2 aromatic rings. The highest BCUT2D eigenvalue weighted by atomic mass is 16.2. The lowest BCUT2D eigenvalue weighted by atomic mass is 10.2. The molecule has 88 valence electrons. The van der Waals surface area contributed by atoms with Crippen LogP contribution in [0.2, 0.25) is 0 Å². The van der Waals surface area contributed by atoms with Gasteiger partial charge in [0.15, 0.2) is 0 Å². The Bertz CT molecular complexity index is 595. The fourth-order valence-electron chi connectivity index (χ4n) is 1.67. The first-order chi connectivity index (χ1) is 8.09. The average molecular weight is 231 g/mol. The maximum atomic E-state index is 11.8. The number of nitrogens with zero attached hydrogens (tertiary/aromatic N) is 2. The molecule has 5 heteroatoms. The van der Waals surface area contributed by atoms with Crippen molar-refractivity contribution in [2.45, 2.75) is 19.9 Å². The summed E-state index contributed by atoms with van der Waals surface area (Å²) in [5, 5.41) is 0. The summed E-state index contributed by atoms with van der Waals surface area (Å²) < 4.78 is 1.18. The number of hydrogen-bond donors (Lipinski definition) is 1. The van der Waals surface area contributed by atoms with Gasteiger partial charge in [-0.2, -0.15) is 0 Å². The lowest BCUT2D eigenvalue weighted by molar-refractivity contribution is 0.547. The van der Waals surface area contributed by atoms with Crippen molar-refractivity contribution in [1.29, 1.82) is 0 Å². The second-order valence-corrected chi connectivity index (χ2v) is 4.03. The van der Waals surface area contributed by atoms with Crippen molar-refractivity contribution in [2.24, 2.45) is 0 Å². The van der Waals surface area contributed by atoms with E-state index in [0.29, 0.717) is 5.69 Å². The van der Waals surface area contributed by atoms with Gasteiger partial charge in [-0.05, 0) is 26.0 Å². The maximum absolute atomic E-state index is 11.8. The second-order valence-electron chi connectivity index (χ2n) is 4.03. The highest BCUT2D eigenvalue weighted by Crippen LogP contribution is 2.11. The van der Waals surface area contributed by atoms with E-state index in [1.165, 1.54) is 10.6 Å². The molecule has 1 N–H and O–H groups in total. The Kier molecular flexibility index (Phi) is 2.91. The Morgan fingerprint density at radius 2 is 2.12 bits per heavy atom. The number of aromatic nitrogens is 3. The van der Waals surface area contributed by atoms with Crippen LogP contribution in [0.5, 0.6) is 0 Å². The van der Waals surface area contributed by atoms with Crippen molar-refractivity contribution in [3.63, 3.8) is 0 Å². The summed E-state index contributed by atoms with van der Waals surface area (Å²) in [6, 6.07) is 4.80. The van der Waals surface area contributed by atoms with Gasteiger partial charge in [0.25, 0.3) is 5.56 Å². The van der Waals surface area contributed by atoms with Crippen LogP contribution in [-0.2, 0) is 0 Å². The second kappa shape index (κ2) is 4.37. The molecule has 17 heavy (non-hydrogen) atoms. The number of hydrogen-bond acceptors (Lipinski definition) is 3. The van der Waals surface area contributed by atoms with Crippen LogP contribution < -0.4 is 11.2 Å². The Hall–Kier alpha value is -2.17. The van der Waals surface area contributed by atoms with Crippen LogP contribution >= 0.6 is 0 Å². The van der Waals surface area contributed by atoms with Crippen LogP contribution in [0.15, 0.2) is 40.2 Å². The molecule has 2 rings (SSSR count). The third-order valence-electron chi connectivity index (χ3n) is 2.45. The Morgan fingerprint density at radius 3 is 2.65 bits per heavy atom. The van der Waals surface area contributed by atoms with E-state index in [9.17, 15) is 9.59 Å².